The van der Waals surface area contributed by atoms with Crippen molar-refractivity contribution in [3.8, 4) is 0 Å². The number of nitrogens with one attached hydrogen (secondary N) is 1. The molecule has 1 rings (SSSR count). The topological polar surface area (TPSA) is 49.3 Å². The summed E-state index contributed by atoms with van der Waals surface area (Å²) >= 11 is 0. The van der Waals surface area contributed by atoms with Gasteiger partial charge in [0, 0.05) is 6.54 Å². The summed E-state index contributed by atoms with van der Waals surface area (Å²) in [6.07, 6.45) is 0. The van der Waals surface area contributed by atoms with Gasteiger partial charge in [-0.1, -0.05) is 19.9 Å². The smallest absolute Gasteiger partial charge is 0.320 e. The minimum absolute atomic E-state index is 0.0126. The Morgan fingerprint density at radius 1 is 1.47 bits per heavy atom. The summed E-state index contributed by atoms with van der Waals surface area (Å²) in [5, 5.41) is 11.9. The second-order valence-corrected chi connectivity index (χ2v) is 4.51. The Morgan fingerprint density at radius 3 is 2.65 bits per heavy atom. The summed E-state index contributed by atoms with van der Waals surface area (Å²) in [6.45, 7) is 5.91. The number of hydrogen-bond acceptors (Lipinski definition) is 2. The van der Waals surface area contributed by atoms with Gasteiger partial charge in [0.05, 0.1) is 0 Å². The van der Waals surface area contributed by atoms with E-state index >= 15 is 0 Å². The van der Waals surface area contributed by atoms with Crippen LogP contribution in [0.5, 0.6) is 0 Å². The lowest BCUT2D eigenvalue weighted by molar-refractivity contribution is -0.140. The molecule has 0 aliphatic carbocycles. The number of carbonyl (C=O) groups is 1. The van der Waals surface area contributed by atoms with Crippen molar-refractivity contribution >= 4 is 5.97 Å². The van der Waals surface area contributed by atoms with Crippen LogP contribution in [0.4, 0.5) is 4.39 Å². The summed E-state index contributed by atoms with van der Waals surface area (Å²) in [6, 6.07) is 3.91. The van der Waals surface area contributed by atoms with E-state index in [1.54, 1.807) is 6.07 Å². The van der Waals surface area contributed by atoms with E-state index < -0.39 is 12.0 Å². The van der Waals surface area contributed by atoms with Crippen molar-refractivity contribution in [1.82, 2.24) is 5.32 Å². The molecule has 0 radical (unpaired) electrons. The molecule has 1 aromatic rings. The zero-order valence-corrected chi connectivity index (χ0v) is 10.3. The number of halogens is 1. The Kier molecular flexibility index (Phi) is 4.63. The van der Waals surface area contributed by atoms with Crippen LogP contribution in [-0.2, 0) is 11.3 Å². The highest BCUT2D eigenvalue weighted by molar-refractivity contribution is 5.73. The molecule has 4 heteroatoms. The van der Waals surface area contributed by atoms with E-state index in [1.165, 1.54) is 12.1 Å². The first-order valence-electron chi connectivity index (χ1n) is 5.63. The number of rotatable bonds is 5. The van der Waals surface area contributed by atoms with E-state index in [9.17, 15) is 9.18 Å². The van der Waals surface area contributed by atoms with Crippen molar-refractivity contribution in [2.75, 3.05) is 0 Å². The van der Waals surface area contributed by atoms with E-state index in [4.69, 9.17) is 5.11 Å². The van der Waals surface area contributed by atoms with Crippen LogP contribution >= 0.6 is 0 Å². The summed E-state index contributed by atoms with van der Waals surface area (Å²) < 4.78 is 13.0. The van der Waals surface area contributed by atoms with Gasteiger partial charge >= 0.3 is 5.97 Å². The minimum atomic E-state index is -0.881. The van der Waals surface area contributed by atoms with Gasteiger partial charge in [-0.3, -0.25) is 4.79 Å². The fourth-order valence-corrected chi connectivity index (χ4v) is 1.66. The molecular weight excluding hydrogens is 221 g/mol. The Labute approximate surface area is 101 Å². The van der Waals surface area contributed by atoms with Crippen LogP contribution in [0.15, 0.2) is 18.2 Å². The standard InChI is InChI=1S/C13H18FNO2/c1-8(2)12(13(16)17)15-7-10-6-11(14)5-4-9(10)3/h4-6,8,12,15H,7H2,1-3H3,(H,16,17)/t12-/m1/s1. The third-order valence-electron chi connectivity index (χ3n) is 2.76. The van der Waals surface area contributed by atoms with Gasteiger partial charge in [-0.25, -0.2) is 4.39 Å². The molecule has 1 aromatic carbocycles. The molecule has 0 aliphatic heterocycles. The van der Waals surface area contributed by atoms with Gasteiger partial charge in [0.2, 0.25) is 0 Å². The molecule has 94 valence electrons. The van der Waals surface area contributed by atoms with Gasteiger partial charge in [0.15, 0.2) is 0 Å². The fourth-order valence-electron chi connectivity index (χ4n) is 1.66. The number of hydrogen-bond donors (Lipinski definition) is 2. The molecule has 0 aromatic heterocycles. The Bertz CT molecular complexity index is 404. The maximum atomic E-state index is 13.0. The highest BCUT2D eigenvalue weighted by Gasteiger charge is 2.20. The normalized spacial score (nSPS) is 12.8. The minimum Gasteiger partial charge on any atom is -0.480 e. The molecular formula is C13H18FNO2. The predicted octanol–water partition coefficient (Wildman–Crippen LogP) is 2.33. The van der Waals surface area contributed by atoms with Crippen LogP contribution in [0.2, 0.25) is 0 Å². The molecule has 0 unspecified atom stereocenters. The van der Waals surface area contributed by atoms with Crippen molar-refractivity contribution in [1.29, 1.82) is 0 Å². The van der Waals surface area contributed by atoms with Crippen LogP contribution in [0.3, 0.4) is 0 Å². The third-order valence-corrected chi connectivity index (χ3v) is 2.76. The summed E-state index contributed by atoms with van der Waals surface area (Å²) in [4.78, 5) is 11.0. The van der Waals surface area contributed by atoms with Crippen LogP contribution in [-0.4, -0.2) is 17.1 Å². The molecule has 0 fully saturated rings. The van der Waals surface area contributed by atoms with Crippen molar-refractivity contribution in [2.24, 2.45) is 5.92 Å². The maximum absolute atomic E-state index is 13.0. The average Bonchev–Trinajstić information content (AvgIpc) is 2.22. The summed E-state index contributed by atoms with van der Waals surface area (Å²) in [5.41, 5.74) is 1.74. The second kappa shape index (κ2) is 5.77. The number of aliphatic carboxylic acids is 1. The third kappa shape index (κ3) is 3.82. The quantitative estimate of drug-likeness (QED) is 0.829. The molecule has 1 atom stereocenters. The number of carboxylic acid groups (broad SMARTS) is 1. The number of benzene rings is 1. The number of aryl methyl sites for hydroxylation is 1. The molecule has 0 aliphatic rings. The van der Waals surface area contributed by atoms with E-state index in [0.29, 0.717) is 6.54 Å². The molecule has 2 N–H and O–H groups in total. The molecule has 0 saturated heterocycles. The lowest BCUT2D eigenvalue weighted by Gasteiger charge is -2.18. The predicted molar refractivity (Wildman–Crippen MR) is 64.2 cm³/mol. The maximum Gasteiger partial charge on any atom is 0.320 e. The first-order valence-corrected chi connectivity index (χ1v) is 5.63. The zero-order valence-electron chi connectivity index (χ0n) is 10.3. The van der Waals surface area contributed by atoms with Crippen molar-refractivity contribution < 1.29 is 14.3 Å². The van der Waals surface area contributed by atoms with Gasteiger partial charge in [0.1, 0.15) is 11.9 Å². The molecule has 3 nitrogen and oxygen atoms in total. The highest BCUT2D eigenvalue weighted by Crippen LogP contribution is 2.11. The SMILES string of the molecule is Cc1ccc(F)cc1CN[C@@H](C(=O)O)C(C)C. The van der Waals surface area contributed by atoms with E-state index in [1.807, 2.05) is 20.8 Å². The van der Waals surface area contributed by atoms with Gasteiger partial charge < -0.3 is 10.4 Å². The monoisotopic (exact) mass is 239 g/mol. The van der Waals surface area contributed by atoms with E-state index in [-0.39, 0.29) is 11.7 Å². The van der Waals surface area contributed by atoms with Crippen LogP contribution in [0.25, 0.3) is 0 Å². The number of carboxylic acids is 1. The zero-order chi connectivity index (χ0) is 13.0. The first kappa shape index (κ1) is 13.6. The van der Waals surface area contributed by atoms with Crippen molar-refractivity contribution in [3.05, 3.63) is 35.1 Å². The fraction of sp³-hybridized carbons (Fsp3) is 0.462. The molecule has 17 heavy (non-hydrogen) atoms. The van der Waals surface area contributed by atoms with Crippen LogP contribution < -0.4 is 5.32 Å². The lowest BCUT2D eigenvalue weighted by atomic mass is 10.0. The van der Waals surface area contributed by atoms with Gasteiger partial charge in [-0.15, -0.1) is 0 Å². The average molecular weight is 239 g/mol. The molecule has 0 heterocycles. The Morgan fingerprint density at radius 2 is 2.12 bits per heavy atom. The van der Waals surface area contributed by atoms with E-state index in [2.05, 4.69) is 5.32 Å². The summed E-state index contributed by atoms with van der Waals surface area (Å²) in [7, 11) is 0. The summed E-state index contributed by atoms with van der Waals surface area (Å²) in [5.74, 6) is -1.20. The molecule has 0 saturated carbocycles. The Balaban J connectivity index is 2.72. The van der Waals surface area contributed by atoms with Gasteiger partial charge in [0.25, 0.3) is 0 Å². The van der Waals surface area contributed by atoms with Crippen molar-refractivity contribution in [3.63, 3.8) is 0 Å². The highest BCUT2D eigenvalue weighted by atomic mass is 19.1. The second-order valence-electron chi connectivity index (χ2n) is 4.51. The van der Waals surface area contributed by atoms with Crippen molar-refractivity contribution in [2.45, 2.75) is 33.4 Å². The van der Waals surface area contributed by atoms with Gasteiger partial charge in [-0.05, 0) is 36.1 Å². The lowest BCUT2D eigenvalue weighted by Crippen LogP contribution is -2.40. The largest absolute Gasteiger partial charge is 0.480 e. The molecule has 0 amide bonds. The van der Waals surface area contributed by atoms with Gasteiger partial charge in [-0.2, -0.15) is 0 Å². The van der Waals surface area contributed by atoms with Crippen LogP contribution in [0.1, 0.15) is 25.0 Å². The van der Waals surface area contributed by atoms with Crippen LogP contribution in [0, 0.1) is 18.7 Å². The molecule has 0 bridgehead atoms. The van der Waals surface area contributed by atoms with E-state index in [0.717, 1.165) is 11.1 Å². The first-order chi connectivity index (χ1) is 7.91. The Hall–Kier alpha value is -1.42. The molecule has 0 spiro atoms.